The first kappa shape index (κ1) is 9.26. The van der Waals surface area contributed by atoms with E-state index in [1.165, 1.54) is 0 Å². The highest BCUT2D eigenvalue weighted by Gasteiger charge is 2.29. The predicted molar refractivity (Wildman–Crippen MR) is 44.5 cm³/mol. The third-order valence-corrected chi connectivity index (χ3v) is 2.05. The molecular formula is C9H14O3. The van der Waals surface area contributed by atoms with Crippen LogP contribution >= 0.6 is 0 Å². The van der Waals surface area contributed by atoms with Gasteiger partial charge in [0.25, 0.3) is 0 Å². The Labute approximate surface area is 72.0 Å². The molecule has 0 heterocycles. The highest BCUT2D eigenvalue weighted by molar-refractivity contribution is 5.76. The number of aliphatic hydroxyl groups is 1. The van der Waals surface area contributed by atoms with E-state index in [4.69, 9.17) is 4.74 Å². The molecule has 0 aromatic carbocycles. The topological polar surface area (TPSA) is 46.5 Å². The molecule has 0 saturated carbocycles. The molecule has 0 fully saturated rings. The zero-order valence-corrected chi connectivity index (χ0v) is 7.41. The van der Waals surface area contributed by atoms with E-state index in [2.05, 4.69) is 0 Å². The Bertz CT molecular complexity index is 208. The van der Waals surface area contributed by atoms with Crippen molar-refractivity contribution in [2.75, 3.05) is 6.61 Å². The van der Waals surface area contributed by atoms with Crippen molar-refractivity contribution in [3.05, 3.63) is 11.6 Å². The summed E-state index contributed by atoms with van der Waals surface area (Å²) in [4.78, 5) is 11.2. The Kier molecular flexibility index (Phi) is 2.87. The number of rotatable bonds is 2. The van der Waals surface area contributed by atoms with Gasteiger partial charge in [0, 0.05) is 0 Å². The zero-order valence-electron chi connectivity index (χ0n) is 7.41. The van der Waals surface area contributed by atoms with Gasteiger partial charge in [-0.1, -0.05) is 11.6 Å². The highest BCUT2D eigenvalue weighted by Crippen LogP contribution is 2.26. The number of hydrogen-bond donors (Lipinski definition) is 1. The number of carbonyl (C=O) groups is 1. The van der Waals surface area contributed by atoms with E-state index in [9.17, 15) is 9.90 Å². The van der Waals surface area contributed by atoms with Crippen molar-refractivity contribution in [2.45, 2.75) is 26.4 Å². The van der Waals surface area contributed by atoms with Crippen LogP contribution in [0.25, 0.3) is 0 Å². The van der Waals surface area contributed by atoms with Crippen LogP contribution in [0.15, 0.2) is 11.6 Å². The van der Waals surface area contributed by atoms with E-state index in [0.29, 0.717) is 13.0 Å². The minimum absolute atomic E-state index is 0.220. The van der Waals surface area contributed by atoms with Crippen LogP contribution in [0.5, 0.6) is 0 Å². The molecule has 1 aliphatic rings. The second kappa shape index (κ2) is 3.72. The number of ether oxygens (including phenoxy) is 1. The summed E-state index contributed by atoms with van der Waals surface area (Å²) in [6.45, 7) is 4.03. The van der Waals surface area contributed by atoms with Gasteiger partial charge in [0.05, 0.1) is 18.6 Å². The van der Waals surface area contributed by atoms with Crippen LogP contribution in [-0.2, 0) is 9.53 Å². The second-order valence-corrected chi connectivity index (χ2v) is 3.02. The van der Waals surface area contributed by atoms with Crippen molar-refractivity contribution < 1.29 is 14.6 Å². The van der Waals surface area contributed by atoms with Crippen LogP contribution in [0.3, 0.4) is 0 Å². The van der Waals surface area contributed by atoms with Gasteiger partial charge in [-0.15, -0.1) is 0 Å². The predicted octanol–water partition coefficient (Wildman–Crippen LogP) is 0.877. The summed E-state index contributed by atoms with van der Waals surface area (Å²) in [6, 6.07) is 0. The lowest BCUT2D eigenvalue weighted by molar-refractivity contribution is -0.147. The molecule has 0 aliphatic heterocycles. The Hall–Kier alpha value is -0.830. The third-order valence-electron chi connectivity index (χ3n) is 2.05. The van der Waals surface area contributed by atoms with Crippen LogP contribution in [0.4, 0.5) is 0 Å². The molecule has 1 unspecified atom stereocenters. The summed E-state index contributed by atoms with van der Waals surface area (Å²) < 4.78 is 4.85. The van der Waals surface area contributed by atoms with Gasteiger partial charge in [-0.3, -0.25) is 4.79 Å². The minimum Gasteiger partial charge on any atom is -0.466 e. The molecule has 0 aromatic heterocycles. The van der Waals surface area contributed by atoms with Crippen molar-refractivity contribution in [3.63, 3.8) is 0 Å². The molecule has 2 atom stereocenters. The molecule has 0 amide bonds. The minimum atomic E-state index is -0.473. The quantitative estimate of drug-likeness (QED) is 0.494. The Morgan fingerprint density at radius 1 is 1.83 bits per heavy atom. The first-order chi connectivity index (χ1) is 5.65. The standard InChI is InChI=1S/C9H14O3/c1-3-12-9(11)8-5-7(10)4-6(8)2/h4,7-8,10H,3,5H2,1-2H3/t7-,8?/m1/s1. The number of hydrogen-bond acceptors (Lipinski definition) is 3. The summed E-state index contributed by atoms with van der Waals surface area (Å²) in [5.74, 6) is -0.442. The van der Waals surface area contributed by atoms with E-state index in [0.717, 1.165) is 5.57 Å². The van der Waals surface area contributed by atoms with Crippen molar-refractivity contribution >= 4 is 5.97 Å². The van der Waals surface area contributed by atoms with E-state index < -0.39 is 6.10 Å². The van der Waals surface area contributed by atoms with E-state index in [1.807, 2.05) is 6.92 Å². The molecule has 68 valence electrons. The van der Waals surface area contributed by atoms with Gasteiger partial charge in [-0.2, -0.15) is 0 Å². The number of esters is 1. The van der Waals surface area contributed by atoms with Crippen LogP contribution in [0.2, 0.25) is 0 Å². The molecule has 0 spiro atoms. The molecule has 0 aromatic rings. The molecule has 1 aliphatic carbocycles. The molecule has 12 heavy (non-hydrogen) atoms. The Balaban J connectivity index is 2.55. The number of carbonyl (C=O) groups excluding carboxylic acids is 1. The average molecular weight is 170 g/mol. The molecule has 3 nitrogen and oxygen atoms in total. The first-order valence-corrected chi connectivity index (χ1v) is 4.18. The Morgan fingerprint density at radius 3 is 2.92 bits per heavy atom. The molecule has 0 radical (unpaired) electrons. The lowest BCUT2D eigenvalue weighted by atomic mass is 10.0. The molecule has 1 N–H and O–H groups in total. The zero-order chi connectivity index (χ0) is 9.14. The van der Waals surface area contributed by atoms with Gasteiger partial charge in [0.1, 0.15) is 0 Å². The largest absolute Gasteiger partial charge is 0.466 e. The lowest BCUT2D eigenvalue weighted by Crippen LogP contribution is -2.18. The van der Waals surface area contributed by atoms with Gasteiger partial charge >= 0.3 is 5.97 Å². The maximum Gasteiger partial charge on any atom is 0.313 e. The average Bonchev–Trinajstić information content (AvgIpc) is 2.30. The molecule has 0 bridgehead atoms. The first-order valence-electron chi connectivity index (χ1n) is 4.18. The van der Waals surface area contributed by atoms with Gasteiger partial charge in [0.15, 0.2) is 0 Å². The Morgan fingerprint density at radius 2 is 2.50 bits per heavy atom. The molecular weight excluding hydrogens is 156 g/mol. The van der Waals surface area contributed by atoms with Crippen LogP contribution in [-0.4, -0.2) is 23.8 Å². The summed E-state index contributed by atoms with van der Waals surface area (Å²) >= 11 is 0. The molecule has 1 rings (SSSR count). The van der Waals surface area contributed by atoms with Crippen LogP contribution in [0.1, 0.15) is 20.3 Å². The van der Waals surface area contributed by atoms with Gasteiger partial charge in [0.2, 0.25) is 0 Å². The van der Waals surface area contributed by atoms with Crippen molar-refractivity contribution in [3.8, 4) is 0 Å². The maximum absolute atomic E-state index is 11.2. The van der Waals surface area contributed by atoms with Gasteiger partial charge in [-0.25, -0.2) is 0 Å². The van der Waals surface area contributed by atoms with Crippen LogP contribution < -0.4 is 0 Å². The fourth-order valence-electron chi connectivity index (χ4n) is 1.44. The van der Waals surface area contributed by atoms with Crippen molar-refractivity contribution in [1.29, 1.82) is 0 Å². The highest BCUT2D eigenvalue weighted by atomic mass is 16.5. The SMILES string of the molecule is CCOC(=O)C1C[C@H](O)C=C1C. The van der Waals surface area contributed by atoms with Crippen molar-refractivity contribution in [1.82, 2.24) is 0 Å². The van der Waals surface area contributed by atoms with E-state index in [-0.39, 0.29) is 11.9 Å². The fourth-order valence-corrected chi connectivity index (χ4v) is 1.44. The maximum atomic E-state index is 11.2. The van der Waals surface area contributed by atoms with E-state index >= 15 is 0 Å². The van der Waals surface area contributed by atoms with Gasteiger partial charge in [-0.05, 0) is 20.3 Å². The monoisotopic (exact) mass is 170 g/mol. The summed E-state index contributed by atoms with van der Waals surface area (Å²) in [5.41, 5.74) is 0.918. The smallest absolute Gasteiger partial charge is 0.313 e. The van der Waals surface area contributed by atoms with Crippen LogP contribution in [0, 0.1) is 5.92 Å². The number of aliphatic hydroxyl groups excluding tert-OH is 1. The second-order valence-electron chi connectivity index (χ2n) is 3.02. The normalized spacial score (nSPS) is 28.4. The summed E-state index contributed by atoms with van der Waals surface area (Å²) in [7, 11) is 0. The summed E-state index contributed by atoms with van der Waals surface area (Å²) in [5, 5.41) is 9.20. The summed E-state index contributed by atoms with van der Waals surface area (Å²) in [6.07, 6.45) is 1.71. The lowest BCUT2D eigenvalue weighted by Gasteiger charge is -2.10. The molecule has 3 heteroatoms. The fraction of sp³-hybridized carbons (Fsp3) is 0.667. The third kappa shape index (κ3) is 1.85. The van der Waals surface area contributed by atoms with E-state index in [1.54, 1.807) is 13.0 Å². The molecule has 0 saturated heterocycles. The van der Waals surface area contributed by atoms with Crippen molar-refractivity contribution in [2.24, 2.45) is 5.92 Å². The van der Waals surface area contributed by atoms with Gasteiger partial charge < -0.3 is 9.84 Å².